The minimum absolute atomic E-state index is 0.438. The van der Waals surface area contributed by atoms with Gasteiger partial charge in [-0.2, -0.15) is 5.10 Å². The SMILES string of the molecule is CCNC(CC)c1cnn(CCCCOC)c1. The van der Waals surface area contributed by atoms with E-state index in [0.29, 0.717) is 6.04 Å². The molecule has 98 valence electrons. The number of unbranched alkanes of at least 4 members (excludes halogenated alkanes) is 1. The molecule has 17 heavy (non-hydrogen) atoms. The molecule has 0 radical (unpaired) electrons. The molecule has 0 spiro atoms. The zero-order chi connectivity index (χ0) is 12.5. The molecular weight excluding hydrogens is 214 g/mol. The lowest BCUT2D eigenvalue weighted by Gasteiger charge is -2.13. The average molecular weight is 239 g/mol. The zero-order valence-electron chi connectivity index (χ0n) is 11.3. The average Bonchev–Trinajstić information content (AvgIpc) is 2.80. The quantitative estimate of drug-likeness (QED) is 0.672. The van der Waals surface area contributed by atoms with Crippen LogP contribution >= 0.6 is 0 Å². The van der Waals surface area contributed by atoms with E-state index in [-0.39, 0.29) is 0 Å². The molecule has 1 heterocycles. The molecule has 0 fully saturated rings. The van der Waals surface area contributed by atoms with Crippen molar-refractivity contribution < 1.29 is 4.74 Å². The number of hydrogen-bond donors (Lipinski definition) is 1. The van der Waals surface area contributed by atoms with Crippen LogP contribution in [0.5, 0.6) is 0 Å². The van der Waals surface area contributed by atoms with Gasteiger partial charge in [-0.15, -0.1) is 0 Å². The van der Waals surface area contributed by atoms with Gasteiger partial charge in [0.05, 0.1) is 6.20 Å². The van der Waals surface area contributed by atoms with Crippen molar-refractivity contribution in [1.29, 1.82) is 0 Å². The minimum Gasteiger partial charge on any atom is -0.385 e. The highest BCUT2D eigenvalue weighted by molar-refractivity contribution is 5.10. The third-order valence-electron chi connectivity index (χ3n) is 2.90. The Bertz CT molecular complexity index is 299. The van der Waals surface area contributed by atoms with Gasteiger partial charge in [-0.05, 0) is 25.8 Å². The molecule has 4 nitrogen and oxygen atoms in total. The van der Waals surface area contributed by atoms with Crippen molar-refractivity contribution in [3.05, 3.63) is 18.0 Å². The maximum atomic E-state index is 5.03. The van der Waals surface area contributed by atoms with E-state index in [4.69, 9.17) is 4.74 Å². The summed E-state index contributed by atoms with van der Waals surface area (Å²) in [6, 6.07) is 0.438. The Morgan fingerprint density at radius 1 is 1.41 bits per heavy atom. The van der Waals surface area contributed by atoms with Crippen LogP contribution in [-0.4, -0.2) is 30.0 Å². The second-order valence-electron chi connectivity index (χ2n) is 4.26. The van der Waals surface area contributed by atoms with Crippen molar-refractivity contribution in [2.75, 3.05) is 20.3 Å². The van der Waals surface area contributed by atoms with Crippen LogP contribution in [0.4, 0.5) is 0 Å². The third kappa shape index (κ3) is 4.88. The second kappa shape index (κ2) is 8.25. The van der Waals surface area contributed by atoms with Crippen LogP contribution in [0.3, 0.4) is 0 Å². The fourth-order valence-electron chi connectivity index (χ4n) is 1.95. The molecule has 0 saturated carbocycles. The molecule has 0 aliphatic carbocycles. The molecule has 1 atom stereocenters. The summed E-state index contributed by atoms with van der Waals surface area (Å²) in [5, 5.41) is 7.87. The van der Waals surface area contributed by atoms with E-state index in [2.05, 4.69) is 30.5 Å². The van der Waals surface area contributed by atoms with Gasteiger partial charge in [0.2, 0.25) is 0 Å². The number of rotatable bonds is 9. The third-order valence-corrected chi connectivity index (χ3v) is 2.90. The Balaban J connectivity index is 2.40. The Hall–Kier alpha value is -0.870. The lowest BCUT2D eigenvalue weighted by atomic mass is 10.1. The molecule has 0 amide bonds. The van der Waals surface area contributed by atoms with Gasteiger partial charge in [-0.25, -0.2) is 0 Å². The van der Waals surface area contributed by atoms with Crippen LogP contribution in [0.1, 0.15) is 44.7 Å². The topological polar surface area (TPSA) is 39.1 Å². The molecule has 1 aromatic rings. The van der Waals surface area contributed by atoms with Gasteiger partial charge in [-0.1, -0.05) is 13.8 Å². The molecule has 0 saturated heterocycles. The van der Waals surface area contributed by atoms with Gasteiger partial charge >= 0.3 is 0 Å². The smallest absolute Gasteiger partial charge is 0.0537 e. The van der Waals surface area contributed by atoms with E-state index >= 15 is 0 Å². The van der Waals surface area contributed by atoms with Gasteiger partial charge < -0.3 is 10.1 Å². The van der Waals surface area contributed by atoms with Gasteiger partial charge in [0.1, 0.15) is 0 Å². The van der Waals surface area contributed by atoms with Crippen LogP contribution in [0.2, 0.25) is 0 Å². The fraction of sp³-hybridized carbons (Fsp3) is 0.769. The first-order valence-corrected chi connectivity index (χ1v) is 6.56. The molecule has 1 unspecified atom stereocenters. The number of nitrogens with zero attached hydrogens (tertiary/aromatic N) is 2. The van der Waals surface area contributed by atoms with Crippen molar-refractivity contribution in [2.24, 2.45) is 0 Å². The summed E-state index contributed by atoms with van der Waals surface area (Å²) in [5.41, 5.74) is 1.29. The molecule has 1 rings (SSSR count). The standard InChI is InChI=1S/C13H25N3O/c1-4-13(14-5-2)12-10-15-16(11-12)8-6-7-9-17-3/h10-11,13-14H,4-9H2,1-3H3. The lowest BCUT2D eigenvalue weighted by Crippen LogP contribution is -2.19. The molecule has 1 N–H and O–H groups in total. The number of hydrogen-bond acceptors (Lipinski definition) is 3. The highest BCUT2D eigenvalue weighted by atomic mass is 16.5. The lowest BCUT2D eigenvalue weighted by molar-refractivity contribution is 0.191. The number of aromatic nitrogens is 2. The normalized spacial score (nSPS) is 12.9. The maximum Gasteiger partial charge on any atom is 0.0537 e. The summed E-state index contributed by atoms with van der Waals surface area (Å²) in [4.78, 5) is 0. The monoisotopic (exact) mass is 239 g/mol. The van der Waals surface area contributed by atoms with Crippen molar-refractivity contribution in [1.82, 2.24) is 15.1 Å². The van der Waals surface area contributed by atoms with Crippen molar-refractivity contribution >= 4 is 0 Å². The Labute approximate surface area is 104 Å². The summed E-state index contributed by atoms with van der Waals surface area (Å²) in [7, 11) is 1.74. The first kappa shape index (κ1) is 14.2. The number of ether oxygens (including phenoxy) is 1. The summed E-state index contributed by atoms with van der Waals surface area (Å²) in [6.45, 7) is 7.15. The fourth-order valence-corrected chi connectivity index (χ4v) is 1.95. The van der Waals surface area contributed by atoms with Crippen LogP contribution < -0.4 is 5.32 Å². The van der Waals surface area contributed by atoms with Crippen LogP contribution in [0, 0.1) is 0 Å². The predicted octanol–water partition coefficient (Wildman–Crippen LogP) is 2.37. The molecule has 0 bridgehead atoms. The van der Waals surface area contributed by atoms with E-state index in [1.165, 1.54) is 5.56 Å². The minimum atomic E-state index is 0.438. The highest BCUT2D eigenvalue weighted by Gasteiger charge is 2.09. The van der Waals surface area contributed by atoms with Crippen molar-refractivity contribution in [3.8, 4) is 0 Å². The second-order valence-corrected chi connectivity index (χ2v) is 4.26. The molecule has 4 heteroatoms. The first-order chi connectivity index (χ1) is 8.31. The number of aryl methyl sites for hydroxylation is 1. The van der Waals surface area contributed by atoms with Crippen molar-refractivity contribution in [3.63, 3.8) is 0 Å². The molecule has 1 aromatic heterocycles. The van der Waals surface area contributed by atoms with E-state index < -0.39 is 0 Å². The molecular formula is C13H25N3O. The van der Waals surface area contributed by atoms with E-state index in [1.54, 1.807) is 7.11 Å². The van der Waals surface area contributed by atoms with Gasteiger partial charge in [0.25, 0.3) is 0 Å². The van der Waals surface area contributed by atoms with Crippen LogP contribution in [0.25, 0.3) is 0 Å². The Morgan fingerprint density at radius 3 is 2.88 bits per heavy atom. The number of methoxy groups -OCH3 is 1. The molecule has 0 aliphatic rings. The Morgan fingerprint density at radius 2 is 2.24 bits per heavy atom. The summed E-state index contributed by atoms with van der Waals surface area (Å²) in [6.07, 6.45) is 7.45. The summed E-state index contributed by atoms with van der Waals surface area (Å²) < 4.78 is 7.07. The highest BCUT2D eigenvalue weighted by Crippen LogP contribution is 2.15. The van der Waals surface area contributed by atoms with Crippen LogP contribution in [-0.2, 0) is 11.3 Å². The van der Waals surface area contributed by atoms with E-state index in [0.717, 1.165) is 39.0 Å². The van der Waals surface area contributed by atoms with Gasteiger partial charge in [0, 0.05) is 38.1 Å². The number of nitrogens with one attached hydrogen (secondary N) is 1. The van der Waals surface area contributed by atoms with E-state index in [1.807, 2.05) is 10.9 Å². The largest absolute Gasteiger partial charge is 0.385 e. The zero-order valence-corrected chi connectivity index (χ0v) is 11.3. The van der Waals surface area contributed by atoms with Gasteiger partial charge in [0.15, 0.2) is 0 Å². The first-order valence-electron chi connectivity index (χ1n) is 6.56. The Kier molecular flexibility index (Phi) is 6.89. The summed E-state index contributed by atoms with van der Waals surface area (Å²) >= 11 is 0. The summed E-state index contributed by atoms with van der Waals surface area (Å²) in [5.74, 6) is 0. The molecule has 0 aromatic carbocycles. The maximum absolute atomic E-state index is 5.03. The van der Waals surface area contributed by atoms with E-state index in [9.17, 15) is 0 Å². The predicted molar refractivity (Wildman–Crippen MR) is 70.0 cm³/mol. The van der Waals surface area contributed by atoms with Crippen molar-refractivity contribution in [2.45, 2.75) is 45.7 Å². The molecule has 0 aliphatic heterocycles. The van der Waals surface area contributed by atoms with Crippen LogP contribution in [0.15, 0.2) is 12.4 Å². The van der Waals surface area contributed by atoms with Gasteiger partial charge in [-0.3, -0.25) is 4.68 Å².